The minimum atomic E-state index is -1.10. The lowest BCUT2D eigenvalue weighted by Crippen LogP contribution is -2.47. The van der Waals surface area contributed by atoms with Gasteiger partial charge in [-0.2, -0.15) is 0 Å². The topological polar surface area (TPSA) is 268 Å². The lowest BCUT2D eigenvalue weighted by molar-refractivity contribution is -0.143. The Labute approximate surface area is 482 Å². The maximum atomic E-state index is 14.3. The maximum Gasteiger partial charge on any atom is 0.328 e. The van der Waals surface area contributed by atoms with Crippen molar-refractivity contribution in [1.29, 1.82) is 0 Å². The van der Waals surface area contributed by atoms with Crippen LogP contribution in [0.4, 0.5) is 17.6 Å². The normalized spacial score (nSPS) is 11.4. The van der Waals surface area contributed by atoms with Crippen molar-refractivity contribution >= 4 is 59.2 Å². The molecule has 0 radical (unpaired) electrons. The molecular weight excluding hydrogens is 1100 g/mol. The molecule has 0 spiro atoms. The quantitative estimate of drug-likeness (QED) is 0.0199. The Kier molecular flexibility index (Phi) is 26.5. The third-order valence-corrected chi connectivity index (χ3v) is 12.8. The van der Waals surface area contributed by atoms with Gasteiger partial charge in [-0.15, -0.1) is 0 Å². The number of amides is 8. The molecule has 5 aromatic carbocycles. The lowest BCUT2D eigenvalue weighted by atomic mass is 10.1. The number of carbonyl (C=O) groups is 10. The second kappa shape index (κ2) is 34.1. The molecule has 0 bridgehead atoms. The zero-order valence-electron chi connectivity index (χ0n) is 46.3. The van der Waals surface area contributed by atoms with Gasteiger partial charge in [0.25, 0.3) is 23.6 Å². The van der Waals surface area contributed by atoms with Crippen LogP contribution in [0.15, 0.2) is 121 Å². The molecule has 0 saturated carbocycles. The van der Waals surface area contributed by atoms with Gasteiger partial charge >= 0.3 is 11.9 Å². The number of esters is 2. The summed E-state index contributed by atoms with van der Waals surface area (Å²) in [5, 5.41) is 15.7. The van der Waals surface area contributed by atoms with Crippen LogP contribution in [0, 0.1) is 23.3 Å². The van der Waals surface area contributed by atoms with Gasteiger partial charge in [0.05, 0.1) is 14.2 Å². The fraction of sp³-hybridized carbons (Fsp3) is 0.333. The molecule has 5 rings (SSSR count). The van der Waals surface area contributed by atoms with Gasteiger partial charge in [-0.25, -0.2) is 27.2 Å². The van der Waals surface area contributed by atoms with Crippen molar-refractivity contribution in [3.05, 3.63) is 178 Å². The van der Waals surface area contributed by atoms with Gasteiger partial charge in [-0.1, -0.05) is 42.5 Å². The molecule has 24 heteroatoms. The molecule has 0 aliphatic heterocycles. The maximum absolute atomic E-state index is 14.3. The first-order valence-electron chi connectivity index (χ1n) is 26.8. The van der Waals surface area contributed by atoms with Gasteiger partial charge in [0.15, 0.2) is 0 Å². The van der Waals surface area contributed by atoms with E-state index < -0.39 is 121 Å². The second-order valence-corrected chi connectivity index (χ2v) is 19.2. The van der Waals surface area contributed by atoms with Crippen LogP contribution in [0.2, 0.25) is 0 Å². The highest BCUT2D eigenvalue weighted by molar-refractivity contribution is 6.03. The number of carbonyl (C=O) groups excluding carboxylic acids is 10. The van der Waals surface area contributed by atoms with Crippen LogP contribution in [0.1, 0.15) is 91.1 Å². The SMILES string of the molecule is COC(=O)[C@H](CCCCNC(=O)CN(CC(=O)NCCc1ccc(F)cc1)C(=O)c1cccc(C(=O)N(CC(=O)NCCCC[C@H](NC(=O)c2cccc(F)c2)C(=O)OC)CC(=O)NCCc2ccc(F)cc2)c1)NC(=O)c1cccc(F)c1. The van der Waals surface area contributed by atoms with E-state index in [0.29, 0.717) is 24.0 Å². The Balaban J connectivity index is 1.25. The van der Waals surface area contributed by atoms with Crippen molar-refractivity contribution in [1.82, 2.24) is 41.7 Å². The highest BCUT2D eigenvalue weighted by Crippen LogP contribution is 2.14. The Morgan fingerprint density at radius 3 is 1.08 bits per heavy atom. The molecule has 5 aromatic rings. The summed E-state index contributed by atoms with van der Waals surface area (Å²) in [5.41, 5.74) is 1.07. The largest absolute Gasteiger partial charge is 0.467 e. The highest BCUT2D eigenvalue weighted by Gasteiger charge is 2.27. The van der Waals surface area contributed by atoms with Gasteiger partial charge in [0.1, 0.15) is 61.5 Å². The Bertz CT molecular complexity index is 2900. The molecule has 0 unspecified atom stereocenters. The first-order chi connectivity index (χ1) is 40.3. The first-order valence-corrected chi connectivity index (χ1v) is 26.8. The molecule has 0 fully saturated rings. The molecule has 6 N–H and O–H groups in total. The number of unbranched alkanes of at least 4 members (excludes halogenated alkanes) is 2. The fourth-order valence-electron chi connectivity index (χ4n) is 8.39. The summed E-state index contributed by atoms with van der Waals surface area (Å²) in [7, 11) is 2.28. The van der Waals surface area contributed by atoms with E-state index in [9.17, 15) is 65.5 Å². The summed E-state index contributed by atoms with van der Waals surface area (Å²) in [6, 6.07) is 24.0. The first kappa shape index (κ1) is 65.3. The summed E-state index contributed by atoms with van der Waals surface area (Å²) in [5.74, 6) is -9.56. The van der Waals surface area contributed by atoms with E-state index in [1.165, 1.54) is 72.8 Å². The summed E-state index contributed by atoms with van der Waals surface area (Å²) in [6.07, 6.45) is 1.87. The number of methoxy groups -OCH3 is 2. The lowest BCUT2D eigenvalue weighted by Gasteiger charge is -2.24. The number of hydrogen-bond donors (Lipinski definition) is 6. The molecule has 0 heterocycles. The van der Waals surface area contributed by atoms with Gasteiger partial charge in [-0.05, 0) is 141 Å². The van der Waals surface area contributed by atoms with Crippen LogP contribution in [-0.2, 0) is 51.1 Å². The Morgan fingerprint density at radius 2 is 0.738 bits per heavy atom. The molecule has 0 aliphatic rings. The molecule has 0 aromatic heterocycles. The molecule has 0 aliphatic carbocycles. The van der Waals surface area contributed by atoms with E-state index in [2.05, 4.69) is 31.9 Å². The third-order valence-electron chi connectivity index (χ3n) is 12.8. The molecule has 84 heavy (non-hydrogen) atoms. The number of hydrogen-bond acceptors (Lipinski definition) is 12. The Hall–Kier alpha value is -9.48. The van der Waals surface area contributed by atoms with Gasteiger partial charge < -0.3 is 51.2 Å². The Morgan fingerprint density at radius 1 is 0.405 bits per heavy atom. The summed E-state index contributed by atoms with van der Waals surface area (Å²) >= 11 is 0. The molecule has 2 atom stereocenters. The van der Waals surface area contributed by atoms with Crippen LogP contribution in [0.5, 0.6) is 0 Å². The number of benzene rings is 5. The molecule has 0 saturated heterocycles. The second-order valence-electron chi connectivity index (χ2n) is 19.2. The molecule has 8 amide bonds. The average molecular weight is 1170 g/mol. The van der Waals surface area contributed by atoms with Crippen LogP contribution in [-0.4, -0.2) is 148 Å². The number of rotatable bonds is 32. The zero-order chi connectivity index (χ0) is 61.0. The van der Waals surface area contributed by atoms with Crippen molar-refractivity contribution in [2.45, 2.75) is 63.5 Å². The molecule has 446 valence electrons. The smallest absolute Gasteiger partial charge is 0.328 e. The van der Waals surface area contributed by atoms with Crippen molar-refractivity contribution in [3.8, 4) is 0 Å². The van der Waals surface area contributed by atoms with E-state index >= 15 is 0 Å². The summed E-state index contributed by atoms with van der Waals surface area (Å²) in [4.78, 5) is 135. The minimum absolute atomic E-state index is 0.0133. The number of ether oxygens (including phenoxy) is 2. The van der Waals surface area contributed by atoms with Gasteiger partial charge in [-0.3, -0.25) is 38.4 Å². The van der Waals surface area contributed by atoms with E-state index in [4.69, 9.17) is 9.47 Å². The van der Waals surface area contributed by atoms with Gasteiger partial charge in [0.2, 0.25) is 23.6 Å². The van der Waals surface area contributed by atoms with Crippen LogP contribution >= 0.6 is 0 Å². The van der Waals surface area contributed by atoms with Crippen molar-refractivity contribution < 1.29 is 75.0 Å². The molecular formula is C60H66F4N8O12. The summed E-state index contributed by atoms with van der Waals surface area (Å²) < 4.78 is 64.2. The van der Waals surface area contributed by atoms with E-state index in [1.807, 2.05) is 0 Å². The van der Waals surface area contributed by atoms with Crippen molar-refractivity contribution in [2.75, 3.05) is 66.6 Å². The third kappa shape index (κ3) is 22.5. The number of halogens is 4. The predicted octanol–water partition coefficient (Wildman–Crippen LogP) is 4.36. The van der Waals surface area contributed by atoms with Crippen molar-refractivity contribution in [2.24, 2.45) is 0 Å². The van der Waals surface area contributed by atoms with Crippen molar-refractivity contribution in [3.63, 3.8) is 0 Å². The monoisotopic (exact) mass is 1170 g/mol. The highest BCUT2D eigenvalue weighted by atomic mass is 19.1. The minimum Gasteiger partial charge on any atom is -0.467 e. The van der Waals surface area contributed by atoms with Crippen LogP contribution < -0.4 is 31.9 Å². The van der Waals surface area contributed by atoms with E-state index in [-0.39, 0.29) is 87.0 Å². The fourth-order valence-corrected chi connectivity index (χ4v) is 8.39. The average Bonchev–Trinajstić information content (AvgIpc) is 3.69. The summed E-state index contributed by atoms with van der Waals surface area (Å²) in [6.45, 7) is -2.39. The van der Waals surface area contributed by atoms with Crippen LogP contribution in [0.25, 0.3) is 0 Å². The standard InChI is InChI=1S/C60H66F4N8O12/c1-83-59(81)49(69-55(77)41-10-8-14-47(63)33-41)16-3-5-28-65-51(73)35-71(37-53(75)67-30-26-39-18-22-45(61)23-19-39)57(79)43-12-7-13-44(32-43)58(80)72(38-54(76)68-31-27-40-20-24-46(62)25-21-40)36-52(74)66-29-6-4-17-50(60(82)84-2)70-56(78)42-11-9-15-48(64)34-42/h7-15,18-25,32-34,49-50H,3-6,16-17,26-31,35-38H2,1-2H3,(H,65,73)(H,66,74)(H,67,75)(H,68,76)(H,69,77)(H,70,78)/t49-,50-/m0/s1. The van der Waals surface area contributed by atoms with E-state index in [1.54, 1.807) is 24.3 Å². The predicted molar refractivity (Wildman–Crippen MR) is 298 cm³/mol. The van der Waals surface area contributed by atoms with E-state index in [0.717, 1.165) is 48.3 Å². The molecule has 20 nitrogen and oxygen atoms in total. The van der Waals surface area contributed by atoms with Gasteiger partial charge in [0, 0.05) is 48.4 Å². The van der Waals surface area contributed by atoms with Crippen LogP contribution in [0.3, 0.4) is 0 Å². The number of nitrogens with zero attached hydrogens (tertiary/aromatic N) is 2. The number of nitrogens with one attached hydrogen (secondary N) is 6. The zero-order valence-corrected chi connectivity index (χ0v) is 46.3.